The summed E-state index contributed by atoms with van der Waals surface area (Å²) in [5.41, 5.74) is 0. The Morgan fingerprint density at radius 3 is 2.80 bits per heavy atom. The Balaban J connectivity index is 2.00. The number of rotatable bonds is 0. The predicted octanol–water partition coefficient (Wildman–Crippen LogP) is 0.0562. The molecule has 56 valence electrons. The average Bonchev–Trinajstić information content (AvgIpc) is 2.39. The third-order valence-electron chi connectivity index (χ3n) is 1.89. The summed E-state index contributed by atoms with van der Waals surface area (Å²) >= 11 is 0. The predicted molar refractivity (Wildman–Crippen MR) is 35.5 cm³/mol. The zero-order valence-corrected chi connectivity index (χ0v) is 5.67. The summed E-state index contributed by atoms with van der Waals surface area (Å²) in [6.07, 6.45) is 3.14. The van der Waals surface area contributed by atoms with Crippen molar-refractivity contribution in [2.45, 2.75) is 18.6 Å². The van der Waals surface area contributed by atoms with Gasteiger partial charge in [0.25, 0.3) is 5.79 Å². The van der Waals surface area contributed by atoms with Crippen molar-refractivity contribution in [3.8, 4) is 0 Å². The molecule has 4 nitrogen and oxygen atoms in total. The Morgan fingerprint density at radius 2 is 2.20 bits per heavy atom. The van der Waals surface area contributed by atoms with Crippen molar-refractivity contribution in [3.63, 3.8) is 0 Å². The highest BCUT2D eigenvalue weighted by Crippen LogP contribution is 2.26. The molecular weight excluding hydrogens is 132 g/mol. The molecule has 1 N–H and O–H groups in total. The SMILES string of the molecule is C1=NOC2(CCNCC2)O1. The molecule has 0 unspecified atom stereocenters. The van der Waals surface area contributed by atoms with E-state index >= 15 is 0 Å². The van der Waals surface area contributed by atoms with Gasteiger partial charge in [0.15, 0.2) is 0 Å². The van der Waals surface area contributed by atoms with Crippen LogP contribution in [0.4, 0.5) is 0 Å². The first-order valence-corrected chi connectivity index (χ1v) is 3.50. The molecule has 10 heavy (non-hydrogen) atoms. The number of hydrogen-bond acceptors (Lipinski definition) is 4. The summed E-state index contributed by atoms with van der Waals surface area (Å²) < 4.78 is 5.23. The lowest BCUT2D eigenvalue weighted by Gasteiger charge is -2.29. The smallest absolute Gasteiger partial charge is 0.279 e. The molecule has 0 saturated carbocycles. The number of oxime groups is 1. The van der Waals surface area contributed by atoms with Crippen molar-refractivity contribution in [1.82, 2.24) is 5.32 Å². The molecule has 0 aliphatic carbocycles. The van der Waals surface area contributed by atoms with Crippen LogP contribution in [0.25, 0.3) is 0 Å². The highest BCUT2D eigenvalue weighted by Gasteiger charge is 2.38. The first-order valence-electron chi connectivity index (χ1n) is 3.50. The summed E-state index contributed by atoms with van der Waals surface area (Å²) in [5.74, 6) is -0.411. The van der Waals surface area contributed by atoms with Gasteiger partial charge in [0.1, 0.15) is 0 Å². The van der Waals surface area contributed by atoms with E-state index in [0.717, 1.165) is 25.9 Å². The lowest BCUT2D eigenvalue weighted by molar-refractivity contribution is -0.173. The van der Waals surface area contributed by atoms with E-state index < -0.39 is 5.79 Å². The molecule has 2 aliphatic heterocycles. The highest BCUT2D eigenvalue weighted by atomic mass is 16.8. The van der Waals surface area contributed by atoms with Crippen LogP contribution in [0.3, 0.4) is 0 Å². The van der Waals surface area contributed by atoms with E-state index in [1.165, 1.54) is 6.40 Å². The molecule has 4 heteroatoms. The van der Waals surface area contributed by atoms with Crippen LogP contribution < -0.4 is 5.32 Å². The van der Waals surface area contributed by atoms with Crippen LogP contribution in [0.5, 0.6) is 0 Å². The molecule has 0 radical (unpaired) electrons. The van der Waals surface area contributed by atoms with Crippen LogP contribution >= 0.6 is 0 Å². The van der Waals surface area contributed by atoms with Crippen LogP contribution in [0, 0.1) is 0 Å². The number of nitrogens with zero attached hydrogens (tertiary/aromatic N) is 1. The summed E-state index contributed by atoms with van der Waals surface area (Å²) in [7, 11) is 0. The Kier molecular flexibility index (Phi) is 1.27. The first kappa shape index (κ1) is 5.97. The fourth-order valence-electron chi connectivity index (χ4n) is 1.27. The Morgan fingerprint density at radius 1 is 1.40 bits per heavy atom. The molecule has 2 heterocycles. The van der Waals surface area contributed by atoms with Crippen LogP contribution in [0.15, 0.2) is 5.16 Å². The van der Waals surface area contributed by atoms with Gasteiger partial charge in [0.2, 0.25) is 6.40 Å². The fraction of sp³-hybridized carbons (Fsp3) is 0.833. The van der Waals surface area contributed by atoms with Gasteiger partial charge < -0.3 is 14.9 Å². The van der Waals surface area contributed by atoms with Gasteiger partial charge in [0, 0.05) is 25.9 Å². The minimum Gasteiger partial charge on any atom is -0.436 e. The van der Waals surface area contributed by atoms with Crippen molar-refractivity contribution >= 4 is 6.40 Å². The standard InChI is InChI=1S/C6H10N2O2/c1-3-7-4-2-6(1)9-5-8-10-6/h5,7H,1-4H2. The second-order valence-electron chi connectivity index (χ2n) is 2.58. The van der Waals surface area contributed by atoms with Crippen LogP contribution in [-0.2, 0) is 9.57 Å². The van der Waals surface area contributed by atoms with Gasteiger partial charge in [-0.3, -0.25) is 0 Å². The second-order valence-corrected chi connectivity index (χ2v) is 2.58. The molecule has 1 saturated heterocycles. The molecule has 2 aliphatic rings. The number of ether oxygens (including phenoxy) is 1. The van der Waals surface area contributed by atoms with Crippen molar-refractivity contribution < 1.29 is 9.57 Å². The monoisotopic (exact) mass is 142 g/mol. The van der Waals surface area contributed by atoms with Gasteiger partial charge in [-0.05, 0) is 0 Å². The van der Waals surface area contributed by atoms with Gasteiger partial charge in [0.05, 0.1) is 0 Å². The lowest BCUT2D eigenvalue weighted by Crippen LogP contribution is -2.42. The van der Waals surface area contributed by atoms with E-state index in [-0.39, 0.29) is 0 Å². The zero-order valence-electron chi connectivity index (χ0n) is 5.67. The van der Waals surface area contributed by atoms with Crippen LogP contribution in [-0.4, -0.2) is 25.3 Å². The van der Waals surface area contributed by atoms with Crippen molar-refractivity contribution in [1.29, 1.82) is 0 Å². The number of piperidine rings is 1. The van der Waals surface area contributed by atoms with Gasteiger partial charge in [-0.25, -0.2) is 0 Å². The summed E-state index contributed by atoms with van der Waals surface area (Å²) in [6.45, 7) is 1.90. The molecule has 0 aromatic carbocycles. The zero-order chi connectivity index (χ0) is 6.86. The van der Waals surface area contributed by atoms with Crippen molar-refractivity contribution in [2.24, 2.45) is 5.16 Å². The third kappa shape index (κ3) is 0.844. The van der Waals surface area contributed by atoms with E-state index in [1.807, 2.05) is 0 Å². The minimum atomic E-state index is -0.411. The molecule has 1 fully saturated rings. The van der Waals surface area contributed by atoms with Crippen molar-refractivity contribution in [3.05, 3.63) is 0 Å². The second kappa shape index (κ2) is 2.12. The van der Waals surface area contributed by atoms with E-state index in [1.54, 1.807) is 0 Å². The third-order valence-corrected chi connectivity index (χ3v) is 1.89. The van der Waals surface area contributed by atoms with Gasteiger partial charge >= 0.3 is 0 Å². The summed E-state index contributed by atoms with van der Waals surface area (Å²) in [4.78, 5) is 5.09. The molecule has 2 rings (SSSR count). The largest absolute Gasteiger partial charge is 0.436 e. The summed E-state index contributed by atoms with van der Waals surface area (Å²) in [6, 6.07) is 0. The van der Waals surface area contributed by atoms with Crippen molar-refractivity contribution in [2.75, 3.05) is 13.1 Å². The van der Waals surface area contributed by atoms with E-state index in [4.69, 9.17) is 9.57 Å². The summed E-state index contributed by atoms with van der Waals surface area (Å²) in [5, 5.41) is 6.81. The Labute approximate surface area is 59.2 Å². The van der Waals surface area contributed by atoms with E-state index in [0.29, 0.717) is 0 Å². The lowest BCUT2D eigenvalue weighted by atomic mass is 10.1. The van der Waals surface area contributed by atoms with E-state index in [2.05, 4.69) is 10.5 Å². The minimum absolute atomic E-state index is 0.411. The molecule has 0 amide bonds. The Hall–Kier alpha value is -0.770. The quantitative estimate of drug-likeness (QED) is 0.520. The Bertz CT molecular complexity index is 142. The van der Waals surface area contributed by atoms with E-state index in [9.17, 15) is 0 Å². The number of nitrogens with one attached hydrogen (secondary N) is 1. The highest BCUT2D eigenvalue weighted by molar-refractivity contribution is 5.47. The van der Waals surface area contributed by atoms with Crippen LogP contribution in [0.2, 0.25) is 0 Å². The van der Waals surface area contributed by atoms with Gasteiger partial charge in [-0.1, -0.05) is 5.16 Å². The molecular formula is C6H10N2O2. The molecule has 0 aromatic heterocycles. The van der Waals surface area contributed by atoms with Gasteiger partial charge in [-0.2, -0.15) is 0 Å². The maximum atomic E-state index is 5.23. The maximum Gasteiger partial charge on any atom is 0.279 e. The molecule has 1 spiro atoms. The molecule has 0 bridgehead atoms. The maximum absolute atomic E-state index is 5.23. The topological polar surface area (TPSA) is 42.8 Å². The normalized spacial score (nSPS) is 28.0. The average molecular weight is 142 g/mol. The van der Waals surface area contributed by atoms with Crippen LogP contribution in [0.1, 0.15) is 12.8 Å². The fourth-order valence-corrected chi connectivity index (χ4v) is 1.27. The molecule has 0 aromatic rings. The first-order chi connectivity index (χ1) is 4.91. The van der Waals surface area contributed by atoms with Gasteiger partial charge in [-0.15, -0.1) is 0 Å². The number of hydrogen-bond donors (Lipinski definition) is 1. The molecule has 0 atom stereocenters.